The molecule has 1 heterocycles. The number of benzene rings is 2. The van der Waals surface area contributed by atoms with Crippen LogP contribution in [-0.2, 0) is 6.42 Å². The van der Waals surface area contributed by atoms with Gasteiger partial charge < -0.3 is 13.9 Å². The largest absolute Gasteiger partial charge is 0.496 e. The molecule has 0 aliphatic heterocycles. The van der Waals surface area contributed by atoms with E-state index in [0.29, 0.717) is 11.7 Å². The fraction of sp³-hybridized carbons (Fsp3) is 0.318. The van der Waals surface area contributed by atoms with E-state index in [9.17, 15) is 0 Å². The molecule has 3 aromatic rings. The summed E-state index contributed by atoms with van der Waals surface area (Å²) in [6.07, 6.45) is 2.49. The lowest BCUT2D eigenvalue weighted by atomic mass is 9.96. The molecule has 0 aliphatic carbocycles. The van der Waals surface area contributed by atoms with Crippen molar-refractivity contribution in [3.05, 3.63) is 53.9 Å². The molecule has 26 heavy (non-hydrogen) atoms. The van der Waals surface area contributed by atoms with Gasteiger partial charge in [0.15, 0.2) is 12.2 Å². The molecule has 0 saturated heterocycles. The molecule has 3 rings (SSSR count). The van der Waals surface area contributed by atoms with Gasteiger partial charge in [-0.15, -0.1) is 0 Å². The first-order valence-electron chi connectivity index (χ1n) is 8.88. The van der Waals surface area contributed by atoms with Crippen LogP contribution in [0.2, 0.25) is 0 Å². The molecule has 1 aromatic heterocycles. The van der Waals surface area contributed by atoms with Gasteiger partial charge in [-0.05, 0) is 29.5 Å². The summed E-state index contributed by atoms with van der Waals surface area (Å²) in [6.45, 7) is 6.42. The van der Waals surface area contributed by atoms with Gasteiger partial charge in [0.2, 0.25) is 0 Å². The zero-order valence-electron chi connectivity index (χ0n) is 16.0. The van der Waals surface area contributed by atoms with Crippen molar-refractivity contribution in [2.45, 2.75) is 33.1 Å². The van der Waals surface area contributed by atoms with E-state index in [2.05, 4.69) is 56.1 Å². The molecule has 4 nitrogen and oxygen atoms in total. The highest BCUT2D eigenvalue weighted by Gasteiger charge is 2.20. The summed E-state index contributed by atoms with van der Waals surface area (Å²) in [6, 6.07) is 12.4. The number of rotatable bonds is 6. The van der Waals surface area contributed by atoms with Gasteiger partial charge in [-0.1, -0.05) is 45.0 Å². The molecule has 0 bridgehead atoms. The van der Waals surface area contributed by atoms with E-state index in [-0.39, 0.29) is 0 Å². The summed E-state index contributed by atoms with van der Waals surface area (Å²) < 4.78 is 16.9. The number of hydrogen-bond donors (Lipinski definition) is 0. The van der Waals surface area contributed by atoms with Crippen LogP contribution in [0.15, 0.2) is 47.2 Å². The first kappa shape index (κ1) is 18.1. The Morgan fingerprint density at radius 3 is 2.27 bits per heavy atom. The Morgan fingerprint density at radius 2 is 1.69 bits per heavy atom. The second kappa shape index (κ2) is 7.65. The van der Waals surface area contributed by atoms with Gasteiger partial charge in [-0.3, -0.25) is 0 Å². The molecule has 0 atom stereocenters. The third-order valence-corrected chi connectivity index (χ3v) is 4.62. The maximum absolute atomic E-state index is 5.74. The number of nitrogens with zero attached hydrogens (tertiary/aromatic N) is 1. The van der Waals surface area contributed by atoms with Crippen LogP contribution in [0.1, 0.15) is 37.8 Å². The third-order valence-electron chi connectivity index (χ3n) is 4.62. The van der Waals surface area contributed by atoms with Crippen molar-refractivity contribution in [3.63, 3.8) is 0 Å². The van der Waals surface area contributed by atoms with Crippen molar-refractivity contribution in [1.29, 1.82) is 0 Å². The minimum Gasteiger partial charge on any atom is -0.496 e. The number of ether oxygens (including phenoxy) is 2. The lowest BCUT2D eigenvalue weighted by Crippen LogP contribution is -1.98. The minimum atomic E-state index is 0.314. The van der Waals surface area contributed by atoms with Crippen LogP contribution in [-0.4, -0.2) is 19.2 Å². The summed E-state index contributed by atoms with van der Waals surface area (Å²) in [5.74, 6) is 2.59. The van der Waals surface area contributed by atoms with E-state index < -0.39 is 0 Å². The Hall–Kier alpha value is -2.75. The molecule has 4 heteroatoms. The van der Waals surface area contributed by atoms with Gasteiger partial charge in [0.05, 0.1) is 14.2 Å². The Bertz CT molecular complexity index is 879. The van der Waals surface area contributed by atoms with Gasteiger partial charge in [0, 0.05) is 17.2 Å². The average molecular weight is 351 g/mol. The molecule has 0 amide bonds. The Labute approximate surface area is 154 Å². The number of aromatic nitrogens is 1. The molecule has 0 unspecified atom stereocenters. The smallest absolute Gasteiger partial charge is 0.182 e. The minimum absolute atomic E-state index is 0.314. The van der Waals surface area contributed by atoms with Gasteiger partial charge in [-0.2, -0.15) is 0 Å². The van der Waals surface area contributed by atoms with Crippen LogP contribution in [0.5, 0.6) is 11.5 Å². The molecular formula is C22H25NO3. The highest BCUT2D eigenvalue weighted by Crippen LogP contribution is 2.41. The van der Waals surface area contributed by atoms with E-state index in [1.54, 1.807) is 14.2 Å². The number of hydrogen-bond acceptors (Lipinski definition) is 4. The predicted molar refractivity (Wildman–Crippen MR) is 104 cm³/mol. The van der Waals surface area contributed by atoms with E-state index in [1.807, 2.05) is 6.07 Å². The summed E-state index contributed by atoms with van der Waals surface area (Å²) in [7, 11) is 3.33. The number of oxazole rings is 1. The third kappa shape index (κ3) is 3.32. The van der Waals surface area contributed by atoms with Gasteiger partial charge >= 0.3 is 0 Å². The van der Waals surface area contributed by atoms with Crippen molar-refractivity contribution >= 4 is 0 Å². The Morgan fingerprint density at radius 1 is 1.00 bits per heavy atom. The summed E-state index contributed by atoms with van der Waals surface area (Å²) >= 11 is 0. The monoisotopic (exact) mass is 351 g/mol. The van der Waals surface area contributed by atoms with Gasteiger partial charge in [-0.25, -0.2) is 4.98 Å². The average Bonchev–Trinajstić information content (AvgIpc) is 3.16. The van der Waals surface area contributed by atoms with E-state index in [0.717, 1.165) is 40.3 Å². The fourth-order valence-electron chi connectivity index (χ4n) is 3.09. The maximum Gasteiger partial charge on any atom is 0.182 e. The highest BCUT2D eigenvalue weighted by molar-refractivity contribution is 5.81. The second-order valence-corrected chi connectivity index (χ2v) is 6.53. The zero-order valence-corrected chi connectivity index (χ0v) is 16.0. The normalized spacial score (nSPS) is 11.0. The van der Waals surface area contributed by atoms with Crippen molar-refractivity contribution < 1.29 is 13.9 Å². The molecule has 136 valence electrons. The molecular weight excluding hydrogens is 326 g/mol. The van der Waals surface area contributed by atoms with E-state index >= 15 is 0 Å². The van der Waals surface area contributed by atoms with E-state index in [1.165, 1.54) is 12.0 Å². The van der Waals surface area contributed by atoms with Crippen molar-refractivity contribution in [3.8, 4) is 34.1 Å². The first-order chi connectivity index (χ1) is 12.6. The summed E-state index contributed by atoms with van der Waals surface area (Å²) in [5.41, 5.74) is 5.08. The SMILES string of the molecule is CCc1ccc(-c2ocnc2-c2cc(C(C)C)c(OC)cc2OC)cc1. The molecule has 0 fully saturated rings. The fourth-order valence-corrected chi connectivity index (χ4v) is 3.09. The zero-order chi connectivity index (χ0) is 18.7. The number of aryl methyl sites for hydroxylation is 1. The van der Waals surface area contributed by atoms with Crippen molar-refractivity contribution in [1.82, 2.24) is 4.98 Å². The Kier molecular flexibility index (Phi) is 5.31. The summed E-state index contributed by atoms with van der Waals surface area (Å²) in [5, 5.41) is 0. The molecule has 0 spiro atoms. The lowest BCUT2D eigenvalue weighted by molar-refractivity contribution is 0.390. The Balaban J connectivity index is 2.15. The van der Waals surface area contributed by atoms with Crippen LogP contribution in [0.3, 0.4) is 0 Å². The lowest BCUT2D eigenvalue weighted by Gasteiger charge is -2.16. The van der Waals surface area contributed by atoms with Crippen LogP contribution in [0.4, 0.5) is 0 Å². The maximum atomic E-state index is 5.74. The first-order valence-corrected chi connectivity index (χ1v) is 8.88. The quantitative estimate of drug-likeness (QED) is 0.570. The topological polar surface area (TPSA) is 44.5 Å². The van der Waals surface area contributed by atoms with Gasteiger partial charge in [0.25, 0.3) is 0 Å². The molecule has 0 radical (unpaired) electrons. The van der Waals surface area contributed by atoms with Gasteiger partial charge in [0.1, 0.15) is 17.2 Å². The predicted octanol–water partition coefficient (Wildman–Crippen LogP) is 5.71. The van der Waals surface area contributed by atoms with Crippen LogP contribution < -0.4 is 9.47 Å². The number of methoxy groups -OCH3 is 2. The summed E-state index contributed by atoms with van der Waals surface area (Å²) in [4.78, 5) is 4.48. The highest BCUT2D eigenvalue weighted by atomic mass is 16.5. The van der Waals surface area contributed by atoms with Crippen molar-refractivity contribution in [2.75, 3.05) is 14.2 Å². The van der Waals surface area contributed by atoms with E-state index in [4.69, 9.17) is 13.9 Å². The van der Waals surface area contributed by atoms with Crippen molar-refractivity contribution in [2.24, 2.45) is 0 Å². The molecule has 0 N–H and O–H groups in total. The molecule has 0 aliphatic rings. The molecule has 0 saturated carbocycles. The van der Waals surface area contributed by atoms with Crippen LogP contribution in [0.25, 0.3) is 22.6 Å². The standard InChI is InChI=1S/C22H25NO3/c1-6-15-7-9-16(10-8-15)22-21(23-13-26-22)18-11-17(14(2)3)19(24-4)12-20(18)25-5/h7-14H,6H2,1-5H3. The van der Waals surface area contributed by atoms with Crippen LogP contribution >= 0.6 is 0 Å². The van der Waals surface area contributed by atoms with Crippen LogP contribution in [0, 0.1) is 0 Å². The second-order valence-electron chi connectivity index (χ2n) is 6.53. The molecule has 2 aromatic carbocycles.